The standard InChI is InChI=1S/C18H25N3O2/c1-19-17(23)18(10-6-11-18)21-12-5-9-15(21)16(22)20-13-14-7-3-2-4-8-14/h2-4,7-8,15H,5-6,9-13H2,1H3,(H,19,23)(H,20,22)/t15-/m0/s1. The van der Waals surface area contributed by atoms with Gasteiger partial charge in [-0.1, -0.05) is 30.3 Å². The summed E-state index contributed by atoms with van der Waals surface area (Å²) in [5.74, 6) is 0.105. The van der Waals surface area contributed by atoms with E-state index in [-0.39, 0.29) is 17.9 Å². The molecule has 2 amide bonds. The number of hydrogen-bond acceptors (Lipinski definition) is 3. The maximum Gasteiger partial charge on any atom is 0.240 e. The topological polar surface area (TPSA) is 61.4 Å². The van der Waals surface area contributed by atoms with Gasteiger partial charge in [0.15, 0.2) is 0 Å². The van der Waals surface area contributed by atoms with Gasteiger partial charge >= 0.3 is 0 Å². The van der Waals surface area contributed by atoms with E-state index in [0.29, 0.717) is 6.54 Å². The number of likely N-dealkylation sites (N-methyl/N-ethyl adjacent to an activating group) is 1. The van der Waals surface area contributed by atoms with Crippen LogP contribution in [-0.2, 0) is 16.1 Å². The molecule has 0 unspecified atom stereocenters. The number of amides is 2. The highest BCUT2D eigenvalue weighted by Crippen LogP contribution is 2.42. The third-order valence-corrected chi connectivity index (χ3v) is 5.25. The van der Waals surface area contributed by atoms with Gasteiger partial charge in [-0.05, 0) is 37.7 Å². The van der Waals surface area contributed by atoms with E-state index in [0.717, 1.165) is 44.2 Å². The third-order valence-electron chi connectivity index (χ3n) is 5.25. The lowest BCUT2D eigenvalue weighted by Crippen LogP contribution is -2.65. The van der Waals surface area contributed by atoms with Gasteiger partial charge in [0.2, 0.25) is 11.8 Å². The molecular weight excluding hydrogens is 290 g/mol. The van der Waals surface area contributed by atoms with Crippen molar-refractivity contribution < 1.29 is 9.59 Å². The quantitative estimate of drug-likeness (QED) is 0.864. The Morgan fingerprint density at radius 2 is 1.96 bits per heavy atom. The lowest BCUT2D eigenvalue weighted by Gasteiger charge is -2.48. The van der Waals surface area contributed by atoms with Gasteiger partial charge in [-0.2, -0.15) is 0 Å². The molecule has 1 heterocycles. The summed E-state index contributed by atoms with van der Waals surface area (Å²) >= 11 is 0. The summed E-state index contributed by atoms with van der Waals surface area (Å²) < 4.78 is 0. The average molecular weight is 315 g/mol. The first-order valence-corrected chi connectivity index (χ1v) is 8.48. The van der Waals surface area contributed by atoms with Crippen LogP contribution in [0.3, 0.4) is 0 Å². The Hall–Kier alpha value is -1.88. The van der Waals surface area contributed by atoms with Crippen molar-refractivity contribution in [3.63, 3.8) is 0 Å². The highest BCUT2D eigenvalue weighted by molar-refractivity contribution is 5.89. The predicted molar refractivity (Wildman–Crippen MR) is 88.7 cm³/mol. The van der Waals surface area contributed by atoms with Crippen molar-refractivity contribution >= 4 is 11.8 Å². The van der Waals surface area contributed by atoms with Gasteiger partial charge < -0.3 is 10.6 Å². The van der Waals surface area contributed by atoms with Crippen LogP contribution in [0.5, 0.6) is 0 Å². The fraction of sp³-hybridized carbons (Fsp3) is 0.556. The minimum atomic E-state index is -0.458. The van der Waals surface area contributed by atoms with E-state index in [1.807, 2.05) is 30.3 Å². The van der Waals surface area contributed by atoms with Crippen molar-refractivity contribution in [2.45, 2.75) is 50.2 Å². The van der Waals surface area contributed by atoms with Crippen molar-refractivity contribution in [1.29, 1.82) is 0 Å². The molecule has 0 aromatic heterocycles. The number of likely N-dealkylation sites (tertiary alicyclic amines) is 1. The number of benzene rings is 1. The first kappa shape index (κ1) is 16.0. The van der Waals surface area contributed by atoms with E-state index >= 15 is 0 Å². The Balaban J connectivity index is 1.66. The van der Waals surface area contributed by atoms with E-state index in [9.17, 15) is 9.59 Å². The Bertz CT molecular complexity index is 569. The molecule has 1 atom stereocenters. The molecule has 1 aliphatic carbocycles. The minimum Gasteiger partial charge on any atom is -0.358 e. The molecule has 5 heteroatoms. The first-order chi connectivity index (χ1) is 11.2. The van der Waals surface area contributed by atoms with Crippen LogP contribution in [0.4, 0.5) is 0 Å². The van der Waals surface area contributed by atoms with Crippen LogP contribution < -0.4 is 10.6 Å². The summed E-state index contributed by atoms with van der Waals surface area (Å²) in [6.45, 7) is 1.37. The summed E-state index contributed by atoms with van der Waals surface area (Å²) in [5, 5.41) is 5.83. The Kier molecular flexibility index (Phi) is 4.66. The average Bonchev–Trinajstić information content (AvgIpc) is 3.02. The van der Waals surface area contributed by atoms with Gasteiger partial charge in [-0.25, -0.2) is 0 Å². The summed E-state index contributed by atoms with van der Waals surface area (Å²) in [7, 11) is 1.68. The van der Waals surface area contributed by atoms with Gasteiger partial charge in [-0.3, -0.25) is 14.5 Å². The zero-order valence-electron chi connectivity index (χ0n) is 13.7. The second kappa shape index (κ2) is 6.71. The maximum atomic E-state index is 12.6. The van der Waals surface area contributed by atoms with Crippen LogP contribution in [0.15, 0.2) is 30.3 Å². The molecule has 1 saturated carbocycles. The van der Waals surface area contributed by atoms with E-state index < -0.39 is 5.54 Å². The summed E-state index contributed by atoms with van der Waals surface area (Å²) in [5.41, 5.74) is 0.634. The van der Waals surface area contributed by atoms with Gasteiger partial charge in [0.1, 0.15) is 5.54 Å². The molecule has 2 N–H and O–H groups in total. The molecule has 0 bridgehead atoms. The van der Waals surface area contributed by atoms with Crippen molar-refractivity contribution in [2.24, 2.45) is 0 Å². The number of rotatable bonds is 5. The fourth-order valence-electron chi connectivity index (χ4n) is 3.84. The number of nitrogens with zero attached hydrogens (tertiary/aromatic N) is 1. The second-order valence-electron chi connectivity index (χ2n) is 6.52. The molecule has 3 rings (SSSR count). The monoisotopic (exact) mass is 315 g/mol. The van der Waals surface area contributed by atoms with Crippen LogP contribution in [0, 0.1) is 0 Å². The normalized spacial score (nSPS) is 23.1. The third kappa shape index (κ3) is 2.98. The number of nitrogens with one attached hydrogen (secondary N) is 2. The van der Waals surface area contributed by atoms with Gasteiger partial charge in [-0.15, -0.1) is 0 Å². The van der Waals surface area contributed by atoms with Crippen LogP contribution in [0.1, 0.15) is 37.7 Å². The van der Waals surface area contributed by atoms with Crippen molar-refractivity contribution in [3.05, 3.63) is 35.9 Å². The molecule has 124 valence electrons. The van der Waals surface area contributed by atoms with E-state index in [2.05, 4.69) is 15.5 Å². The maximum absolute atomic E-state index is 12.6. The van der Waals surface area contributed by atoms with E-state index in [1.165, 1.54) is 0 Å². The molecule has 5 nitrogen and oxygen atoms in total. The molecule has 1 aromatic carbocycles. The van der Waals surface area contributed by atoms with Crippen molar-refractivity contribution in [3.8, 4) is 0 Å². The van der Waals surface area contributed by atoms with Crippen LogP contribution in [-0.4, -0.2) is 41.9 Å². The molecule has 1 saturated heterocycles. The molecule has 2 fully saturated rings. The van der Waals surface area contributed by atoms with Crippen molar-refractivity contribution in [2.75, 3.05) is 13.6 Å². The highest BCUT2D eigenvalue weighted by atomic mass is 16.2. The molecule has 1 aromatic rings. The van der Waals surface area contributed by atoms with Gasteiger partial charge in [0.05, 0.1) is 6.04 Å². The molecule has 1 aliphatic heterocycles. The zero-order chi connectivity index (χ0) is 16.3. The summed E-state index contributed by atoms with van der Waals surface area (Å²) in [6, 6.07) is 9.73. The Labute approximate surface area is 137 Å². The smallest absolute Gasteiger partial charge is 0.240 e. The fourth-order valence-corrected chi connectivity index (χ4v) is 3.84. The molecule has 23 heavy (non-hydrogen) atoms. The summed E-state index contributed by atoms with van der Waals surface area (Å²) in [4.78, 5) is 27.2. The largest absolute Gasteiger partial charge is 0.358 e. The highest BCUT2D eigenvalue weighted by Gasteiger charge is 2.53. The number of carbonyl (C=O) groups is 2. The molecule has 2 aliphatic rings. The van der Waals surface area contributed by atoms with Gasteiger partial charge in [0.25, 0.3) is 0 Å². The van der Waals surface area contributed by atoms with E-state index in [1.54, 1.807) is 7.05 Å². The SMILES string of the molecule is CNC(=O)C1(N2CCC[C@H]2C(=O)NCc2ccccc2)CCC1. The van der Waals surface area contributed by atoms with Crippen LogP contribution >= 0.6 is 0 Å². The van der Waals surface area contributed by atoms with Gasteiger partial charge in [0, 0.05) is 20.1 Å². The molecule has 0 spiro atoms. The Morgan fingerprint density at radius 1 is 1.22 bits per heavy atom. The minimum absolute atomic E-state index is 0.0431. The number of hydrogen-bond donors (Lipinski definition) is 2. The van der Waals surface area contributed by atoms with E-state index in [4.69, 9.17) is 0 Å². The van der Waals surface area contributed by atoms with Crippen molar-refractivity contribution in [1.82, 2.24) is 15.5 Å². The lowest BCUT2D eigenvalue weighted by atomic mass is 9.74. The predicted octanol–water partition coefficient (Wildman–Crippen LogP) is 1.44. The van der Waals surface area contributed by atoms with Crippen LogP contribution in [0.25, 0.3) is 0 Å². The lowest BCUT2D eigenvalue weighted by molar-refractivity contribution is -0.144. The Morgan fingerprint density at radius 3 is 2.57 bits per heavy atom. The second-order valence-corrected chi connectivity index (χ2v) is 6.52. The van der Waals surface area contributed by atoms with Crippen LogP contribution in [0.2, 0.25) is 0 Å². The first-order valence-electron chi connectivity index (χ1n) is 8.48. The summed E-state index contributed by atoms with van der Waals surface area (Å²) in [6.07, 6.45) is 4.58. The number of carbonyl (C=O) groups excluding carboxylic acids is 2. The molecule has 0 radical (unpaired) electrons. The zero-order valence-corrected chi connectivity index (χ0v) is 13.7. The molecular formula is C18H25N3O2.